The number of ether oxygens (including phenoxy) is 2. The molecule has 0 spiro atoms. The Morgan fingerprint density at radius 3 is 2.25 bits per heavy atom. The van der Waals surface area contributed by atoms with E-state index in [-0.39, 0.29) is 0 Å². The van der Waals surface area contributed by atoms with E-state index in [2.05, 4.69) is 79.9 Å². The summed E-state index contributed by atoms with van der Waals surface area (Å²) in [4.78, 5) is 0. The molecule has 0 aliphatic carbocycles. The van der Waals surface area contributed by atoms with Crippen LogP contribution in [0.25, 0.3) is 0 Å². The number of nitrogen functional groups attached to an aromatic ring is 1. The fourth-order valence-electron chi connectivity index (χ4n) is 1.70. The summed E-state index contributed by atoms with van der Waals surface area (Å²) in [5, 5.41) is 0. The second-order valence-corrected chi connectivity index (χ2v) is 7.63. The molecule has 106 valence electrons. The molecule has 0 aliphatic heterocycles. The average molecular weight is 607 g/mol. The zero-order valence-electron chi connectivity index (χ0n) is 10.6. The van der Waals surface area contributed by atoms with Crippen molar-refractivity contribution in [2.45, 2.75) is 6.61 Å². The molecular formula is C14H12I3NO2. The van der Waals surface area contributed by atoms with Gasteiger partial charge in [-0.05, 0) is 97.6 Å². The molecule has 3 nitrogen and oxygen atoms in total. The molecule has 2 aromatic rings. The highest BCUT2D eigenvalue weighted by molar-refractivity contribution is 14.1. The highest BCUT2D eigenvalue weighted by Crippen LogP contribution is 2.30. The summed E-state index contributed by atoms with van der Waals surface area (Å²) in [6.45, 7) is 0.487. The SMILES string of the molecule is COc1ccc(COc2c(I)cc(I)cc2I)cc1N. The fourth-order valence-corrected chi connectivity index (χ4v) is 5.59. The van der Waals surface area contributed by atoms with E-state index >= 15 is 0 Å². The van der Waals surface area contributed by atoms with Gasteiger partial charge in [-0.3, -0.25) is 0 Å². The molecule has 0 fully saturated rings. The Bertz CT molecular complexity index is 609. The third-order valence-corrected chi connectivity index (χ3v) is 4.87. The molecule has 0 bridgehead atoms. The summed E-state index contributed by atoms with van der Waals surface area (Å²) >= 11 is 6.89. The molecule has 2 N–H and O–H groups in total. The number of hydrogen-bond acceptors (Lipinski definition) is 3. The molecule has 2 aromatic carbocycles. The molecule has 6 heteroatoms. The smallest absolute Gasteiger partial charge is 0.146 e. The van der Waals surface area contributed by atoms with Crippen molar-refractivity contribution in [2.75, 3.05) is 12.8 Å². The minimum absolute atomic E-state index is 0.487. The number of benzene rings is 2. The second-order valence-electron chi connectivity index (χ2n) is 4.06. The normalized spacial score (nSPS) is 10.4. The quantitative estimate of drug-likeness (QED) is 0.407. The number of methoxy groups -OCH3 is 1. The number of halogens is 3. The molecule has 2 rings (SSSR count). The van der Waals surface area contributed by atoms with Crippen molar-refractivity contribution < 1.29 is 9.47 Å². The van der Waals surface area contributed by atoms with Crippen LogP contribution in [-0.4, -0.2) is 7.11 Å². The predicted octanol–water partition coefficient (Wildman–Crippen LogP) is 4.67. The Labute approximate surface area is 159 Å². The van der Waals surface area contributed by atoms with E-state index < -0.39 is 0 Å². The number of nitrogens with two attached hydrogens (primary N) is 1. The number of anilines is 1. The van der Waals surface area contributed by atoms with Crippen LogP contribution >= 0.6 is 67.8 Å². The van der Waals surface area contributed by atoms with Crippen LogP contribution in [0.5, 0.6) is 11.5 Å². The molecule has 0 atom stereocenters. The summed E-state index contributed by atoms with van der Waals surface area (Å²) in [6.07, 6.45) is 0. The van der Waals surface area contributed by atoms with Crippen molar-refractivity contribution in [3.8, 4) is 11.5 Å². The lowest BCUT2D eigenvalue weighted by molar-refractivity contribution is 0.301. The Balaban J connectivity index is 2.15. The number of rotatable bonds is 4. The van der Waals surface area contributed by atoms with Gasteiger partial charge in [0.25, 0.3) is 0 Å². The summed E-state index contributed by atoms with van der Waals surface area (Å²) in [5.74, 6) is 1.60. The van der Waals surface area contributed by atoms with E-state index in [4.69, 9.17) is 15.2 Å². The first-order valence-corrected chi connectivity index (χ1v) is 8.94. The van der Waals surface area contributed by atoms with Crippen molar-refractivity contribution in [3.05, 3.63) is 46.6 Å². The zero-order chi connectivity index (χ0) is 14.7. The van der Waals surface area contributed by atoms with E-state index in [0.717, 1.165) is 18.5 Å². The maximum atomic E-state index is 5.92. The topological polar surface area (TPSA) is 44.5 Å². The van der Waals surface area contributed by atoms with Crippen LogP contribution in [0.1, 0.15) is 5.56 Å². The molecule has 0 aliphatic rings. The molecule has 0 radical (unpaired) electrons. The average Bonchev–Trinajstić information content (AvgIpc) is 2.37. The predicted molar refractivity (Wildman–Crippen MR) is 106 cm³/mol. The molecule has 0 amide bonds. The lowest BCUT2D eigenvalue weighted by Gasteiger charge is -2.12. The van der Waals surface area contributed by atoms with Gasteiger partial charge in [-0.1, -0.05) is 6.07 Å². The van der Waals surface area contributed by atoms with E-state index in [0.29, 0.717) is 18.0 Å². The first kappa shape index (κ1) is 16.4. The van der Waals surface area contributed by atoms with Crippen LogP contribution in [0.4, 0.5) is 5.69 Å². The summed E-state index contributed by atoms with van der Waals surface area (Å²) in [7, 11) is 1.61. The van der Waals surface area contributed by atoms with Gasteiger partial charge in [0.15, 0.2) is 0 Å². The standard InChI is InChI=1S/C14H12I3NO2/c1-19-13-3-2-8(4-12(13)18)7-20-14-10(16)5-9(15)6-11(14)17/h2-6H,7,18H2,1H3. The Hall–Kier alpha value is 0.0300. The van der Waals surface area contributed by atoms with Crippen molar-refractivity contribution in [1.29, 1.82) is 0 Å². The largest absolute Gasteiger partial charge is 0.495 e. The fraction of sp³-hybridized carbons (Fsp3) is 0.143. The maximum Gasteiger partial charge on any atom is 0.146 e. The maximum absolute atomic E-state index is 5.92. The number of hydrogen-bond donors (Lipinski definition) is 1. The van der Waals surface area contributed by atoms with Crippen LogP contribution in [0.3, 0.4) is 0 Å². The lowest BCUT2D eigenvalue weighted by Crippen LogP contribution is -2.01. The van der Waals surface area contributed by atoms with E-state index in [1.165, 1.54) is 3.57 Å². The van der Waals surface area contributed by atoms with Crippen LogP contribution < -0.4 is 15.2 Å². The van der Waals surface area contributed by atoms with Crippen LogP contribution in [-0.2, 0) is 6.61 Å². The first-order chi connectivity index (χ1) is 9.51. The van der Waals surface area contributed by atoms with Crippen LogP contribution in [0, 0.1) is 10.7 Å². The van der Waals surface area contributed by atoms with Gasteiger partial charge < -0.3 is 15.2 Å². The molecular weight excluding hydrogens is 595 g/mol. The van der Waals surface area contributed by atoms with Crippen molar-refractivity contribution in [2.24, 2.45) is 0 Å². The van der Waals surface area contributed by atoms with Gasteiger partial charge in [-0.15, -0.1) is 0 Å². The van der Waals surface area contributed by atoms with Gasteiger partial charge >= 0.3 is 0 Å². The molecule has 20 heavy (non-hydrogen) atoms. The molecule has 0 unspecified atom stereocenters. The Morgan fingerprint density at radius 2 is 1.70 bits per heavy atom. The summed E-state index contributed by atoms with van der Waals surface area (Å²) in [6, 6.07) is 9.90. The molecule has 0 heterocycles. The van der Waals surface area contributed by atoms with Gasteiger partial charge in [0.1, 0.15) is 18.1 Å². The highest BCUT2D eigenvalue weighted by atomic mass is 127. The van der Waals surface area contributed by atoms with Crippen molar-refractivity contribution in [1.82, 2.24) is 0 Å². The Kier molecular flexibility index (Phi) is 6.02. The lowest BCUT2D eigenvalue weighted by atomic mass is 10.2. The molecule has 0 saturated heterocycles. The summed E-state index contributed by atoms with van der Waals surface area (Å²) in [5.41, 5.74) is 7.54. The first-order valence-electron chi connectivity index (χ1n) is 5.71. The van der Waals surface area contributed by atoms with Crippen molar-refractivity contribution >= 4 is 73.5 Å². The van der Waals surface area contributed by atoms with Gasteiger partial charge in [0, 0.05) is 3.57 Å². The monoisotopic (exact) mass is 607 g/mol. The zero-order valence-corrected chi connectivity index (χ0v) is 17.1. The Morgan fingerprint density at radius 1 is 1.05 bits per heavy atom. The summed E-state index contributed by atoms with van der Waals surface area (Å²) < 4.78 is 14.5. The highest BCUT2D eigenvalue weighted by Gasteiger charge is 2.09. The van der Waals surface area contributed by atoms with Crippen molar-refractivity contribution in [3.63, 3.8) is 0 Å². The van der Waals surface area contributed by atoms with E-state index in [1.807, 2.05) is 18.2 Å². The van der Waals surface area contributed by atoms with Crippen LogP contribution in [0.2, 0.25) is 0 Å². The minimum atomic E-state index is 0.487. The van der Waals surface area contributed by atoms with Gasteiger partial charge in [0.2, 0.25) is 0 Å². The van der Waals surface area contributed by atoms with Crippen LogP contribution in [0.15, 0.2) is 30.3 Å². The van der Waals surface area contributed by atoms with E-state index in [9.17, 15) is 0 Å². The third kappa shape index (κ3) is 4.03. The third-order valence-electron chi connectivity index (χ3n) is 2.64. The van der Waals surface area contributed by atoms with Gasteiger partial charge in [-0.2, -0.15) is 0 Å². The molecule has 0 aromatic heterocycles. The molecule has 0 saturated carbocycles. The second kappa shape index (κ2) is 7.34. The van der Waals surface area contributed by atoms with Gasteiger partial charge in [-0.25, -0.2) is 0 Å². The van der Waals surface area contributed by atoms with Gasteiger partial charge in [0.05, 0.1) is 19.9 Å². The minimum Gasteiger partial charge on any atom is -0.495 e. The van der Waals surface area contributed by atoms with E-state index in [1.54, 1.807) is 7.11 Å².